The average Bonchev–Trinajstić information content (AvgIpc) is 2.76. The van der Waals surface area contributed by atoms with Gasteiger partial charge in [-0.1, -0.05) is 23.2 Å². The molecule has 2 heterocycles. The Labute approximate surface area is 112 Å². The van der Waals surface area contributed by atoms with Crippen LogP contribution < -0.4 is 5.32 Å². The fourth-order valence-electron chi connectivity index (χ4n) is 2.18. The fourth-order valence-corrected chi connectivity index (χ4v) is 2.51. The molecule has 1 aromatic rings. The largest absolute Gasteiger partial charge is 0.313 e. The summed E-state index contributed by atoms with van der Waals surface area (Å²) in [5, 5.41) is 4.66. The number of rotatable bonds is 4. The highest BCUT2D eigenvalue weighted by molar-refractivity contribution is 6.32. The lowest BCUT2D eigenvalue weighted by Crippen LogP contribution is -2.35. The second-order valence-electron chi connectivity index (χ2n) is 4.55. The van der Waals surface area contributed by atoms with Crippen molar-refractivity contribution in [2.75, 3.05) is 20.1 Å². The van der Waals surface area contributed by atoms with Crippen molar-refractivity contribution in [3.8, 4) is 0 Å². The minimum Gasteiger partial charge on any atom is -0.313 e. The number of aromatic nitrogens is 1. The molecule has 1 atom stereocenters. The van der Waals surface area contributed by atoms with Gasteiger partial charge in [0.15, 0.2) is 0 Å². The second-order valence-corrected chi connectivity index (χ2v) is 5.35. The molecular weight excluding hydrogens is 257 g/mol. The normalized spacial score (nSPS) is 20.1. The first-order valence-corrected chi connectivity index (χ1v) is 6.63. The Morgan fingerprint density at radius 3 is 3.00 bits per heavy atom. The molecule has 2 rings (SSSR count). The SMILES string of the molecule is CN(Cc1nc(Cl)ccc1Cl)CC1CCCN1. The lowest BCUT2D eigenvalue weighted by molar-refractivity contribution is 0.290. The summed E-state index contributed by atoms with van der Waals surface area (Å²) in [6.07, 6.45) is 2.52. The molecule has 0 radical (unpaired) electrons. The van der Waals surface area contributed by atoms with Crippen LogP contribution in [0, 0.1) is 0 Å². The van der Waals surface area contributed by atoms with E-state index < -0.39 is 0 Å². The molecule has 1 N–H and O–H groups in total. The minimum atomic E-state index is 0.497. The highest BCUT2D eigenvalue weighted by Crippen LogP contribution is 2.18. The maximum absolute atomic E-state index is 6.09. The molecule has 1 aliphatic rings. The standard InChI is InChI=1S/C12H17Cl2N3/c1-17(7-9-3-2-6-15-9)8-11-10(13)4-5-12(14)16-11/h4-5,9,15H,2-3,6-8H2,1H3. The van der Waals surface area contributed by atoms with E-state index in [1.807, 2.05) is 0 Å². The third-order valence-corrected chi connectivity index (χ3v) is 3.55. The molecule has 0 bridgehead atoms. The second kappa shape index (κ2) is 6.01. The van der Waals surface area contributed by atoms with Crippen molar-refractivity contribution in [2.24, 2.45) is 0 Å². The fraction of sp³-hybridized carbons (Fsp3) is 0.583. The van der Waals surface area contributed by atoms with Gasteiger partial charge in [0.2, 0.25) is 0 Å². The van der Waals surface area contributed by atoms with Gasteiger partial charge in [0.25, 0.3) is 0 Å². The van der Waals surface area contributed by atoms with Gasteiger partial charge in [0.05, 0.1) is 10.7 Å². The average molecular weight is 274 g/mol. The maximum atomic E-state index is 6.09. The van der Waals surface area contributed by atoms with Crippen LogP contribution >= 0.6 is 23.2 Å². The molecule has 1 aliphatic heterocycles. The summed E-state index contributed by atoms with van der Waals surface area (Å²) < 4.78 is 0. The van der Waals surface area contributed by atoms with Gasteiger partial charge in [-0.15, -0.1) is 0 Å². The van der Waals surface area contributed by atoms with Gasteiger partial charge in [-0.25, -0.2) is 4.98 Å². The molecule has 0 spiro atoms. The highest BCUT2D eigenvalue weighted by Gasteiger charge is 2.16. The third kappa shape index (κ3) is 3.81. The van der Waals surface area contributed by atoms with E-state index in [4.69, 9.17) is 23.2 Å². The zero-order chi connectivity index (χ0) is 12.3. The van der Waals surface area contributed by atoms with Crippen LogP contribution in [0.2, 0.25) is 10.2 Å². The lowest BCUT2D eigenvalue weighted by Gasteiger charge is -2.21. The molecule has 17 heavy (non-hydrogen) atoms. The molecule has 0 aromatic carbocycles. The van der Waals surface area contributed by atoms with Crippen LogP contribution in [0.4, 0.5) is 0 Å². The topological polar surface area (TPSA) is 28.2 Å². The molecule has 1 aromatic heterocycles. The first-order chi connectivity index (χ1) is 8.15. The molecule has 0 amide bonds. The number of nitrogens with zero attached hydrogens (tertiary/aromatic N) is 2. The van der Waals surface area contributed by atoms with Crippen LogP contribution in [0.25, 0.3) is 0 Å². The maximum Gasteiger partial charge on any atom is 0.129 e. The summed E-state index contributed by atoms with van der Waals surface area (Å²) in [6, 6.07) is 4.11. The monoisotopic (exact) mass is 273 g/mol. The zero-order valence-corrected chi connectivity index (χ0v) is 11.4. The predicted octanol–water partition coefficient (Wildman–Crippen LogP) is 2.57. The summed E-state index contributed by atoms with van der Waals surface area (Å²) in [4.78, 5) is 6.49. The van der Waals surface area contributed by atoms with Crippen molar-refractivity contribution in [3.05, 3.63) is 28.0 Å². The van der Waals surface area contributed by atoms with Gasteiger partial charge in [-0.3, -0.25) is 4.90 Å². The number of hydrogen-bond donors (Lipinski definition) is 1. The van der Waals surface area contributed by atoms with E-state index in [9.17, 15) is 0 Å². The van der Waals surface area contributed by atoms with Crippen molar-refractivity contribution >= 4 is 23.2 Å². The van der Waals surface area contributed by atoms with Gasteiger partial charge in [-0.05, 0) is 38.6 Å². The van der Waals surface area contributed by atoms with Crippen LogP contribution in [0.3, 0.4) is 0 Å². The van der Waals surface area contributed by atoms with Crippen LogP contribution in [0.5, 0.6) is 0 Å². The summed E-state index contributed by atoms with van der Waals surface area (Å²) in [5.41, 5.74) is 0.847. The van der Waals surface area contributed by atoms with Crippen LogP contribution in [-0.2, 0) is 6.54 Å². The Balaban J connectivity index is 1.92. The van der Waals surface area contributed by atoms with Gasteiger partial charge in [0.1, 0.15) is 5.15 Å². The van der Waals surface area contributed by atoms with Crippen LogP contribution in [0.15, 0.2) is 12.1 Å². The molecule has 1 unspecified atom stereocenters. The van der Waals surface area contributed by atoms with E-state index in [2.05, 4.69) is 22.2 Å². The van der Waals surface area contributed by atoms with Gasteiger partial charge in [0, 0.05) is 19.1 Å². The number of likely N-dealkylation sites (N-methyl/N-ethyl adjacent to an activating group) is 1. The van der Waals surface area contributed by atoms with Crippen molar-refractivity contribution in [1.82, 2.24) is 15.2 Å². The Hall–Kier alpha value is -0.350. The number of nitrogens with one attached hydrogen (secondary N) is 1. The first kappa shape index (κ1) is 13.1. The smallest absolute Gasteiger partial charge is 0.129 e. The van der Waals surface area contributed by atoms with E-state index >= 15 is 0 Å². The van der Waals surface area contributed by atoms with Crippen molar-refractivity contribution < 1.29 is 0 Å². The van der Waals surface area contributed by atoms with Crippen LogP contribution in [-0.4, -0.2) is 36.1 Å². The number of hydrogen-bond acceptors (Lipinski definition) is 3. The Bertz CT molecular complexity index is 378. The first-order valence-electron chi connectivity index (χ1n) is 5.88. The van der Waals surface area contributed by atoms with Crippen molar-refractivity contribution in [1.29, 1.82) is 0 Å². The van der Waals surface area contributed by atoms with Crippen LogP contribution in [0.1, 0.15) is 18.5 Å². The molecule has 0 aliphatic carbocycles. The zero-order valence-electron chi connectivity index (χ0n) is 9.92. The Morgan fingerprint density at radius 1 is 1.47 bits per heavy atom. The van der Waals surface area contributed by atoms with Crippen molar-refractivity contribution in [3.63, 3.8) is 0 Å². The third-order valence-electron chi connectivity index (χ3n) is 3.00. The van der Waals surface area contributed by atoms with Gasteiger partial charge >= 0.3 is 0 Å². The summed E-state index contributed by atoms with van der Waals surface area (Å²) in [6.45, 7) is 2.89. The molecule has 1 saturated heterocycles. The molecular formula is C12H17Cl2N3. The van der Waals surface area contributed by atoms with Gasteiger partial charge < -0.3 is 5.32 Å². The quantitative estimate of drug-likeness (QED) is 0.855. The Morgan fingerprint density at radius 2 is 2.29 bits per heavy atom. The van der Waals surface area contributed by atoms with E-state index in [0.717, 1.165) is 25.3 Å². The minimum absolute atomic E-state index is 0.497. The van der Waals surface area contributed by atoms with E-state index in [1.165, 1.54) is 12.8 Å². The van der Waals surface area contributed by atoms with E-state index in [0.29, 0.717) is 16.2 Å². The summed E-state index contributed by atoms with van der Waals surface area (Å²) in [7, 11) is 2.08. The summed E-state index contributed by atoms with van der Waals surface area (Å²) >= 11 is 12.0. The molecule has 1 fully saturated rings. The molecule has 3 nitrogen and oxygen atoms in total. The number of halogens is 2. The van der Waals surface area contributed by atoms with E-state index in [-0.39, 0.29) is 0 Å². The molecule has 94 valence electrons. The molecule has 0 saturated carbocycles. The Kier molecular flexibility index (Phi) is 4.62. The highest BCUT2D eigenvalue weighted by atomic mass is 35.5. The van der Waals surface area contributed by atoms with Gasteiger partial charge in [-0.2, -0.15) is 0 Å². The number of pyridine rings is 1. The van der Waals surface area contributed by atoms with E-state index in [1.54, 1.807) is 12.1 Å². The lowest BCUT2D eigenvalue weighted by atomic mass is 10.2. The molecule has 5 heteroatoms. The van der Waals surface area contributed by atoms with Crippen molar-refractivity contribution in [2.45, 2.75) is 25.4 Å². The predicted molar refractivity (Wildman–Crippen MR) is 71.6 cm³/mol. The summed E-state index contributed by atoms with van der Waals surface area (Å²) in [5.74, 6) is 0.